The topological polar surface area (TPSA) is 42.2 Å². The molecule has 3 nitrogen and oxygen atoms in total. The highest BCUT2D eigenvalue weighted by atomic mass is 16.4. The normalized spacial score (nSPS) is 11.9. The lowest BCUT2D eigenvalue weighted by Gasteiger charge is -2.19. The van der Waals surface area contributed by atoms with E-state index in [1.807, 2.05) is 31.3 Å². The molecule has 0 atom stereocenters. The van der Waals surface area contributed by atoms with E-state index < -0.39 is 11.4 Å². The molecule has 1 aromatic heterocycles. The summed E-state index contributed by atoms with van der Waals surface area (Å²) in [5.74, 6) is -0.761. The Balaban J connectivity index is 2.43. The summed E-state index contributed by atoms with van der Waals surface area (Å²) < 4.78 is 2.07. The third-order valence-corrected chi connectivity index (χ3v) is 3.25. The molecular weight excluding hydrogens is 214 g/mol. The number of aryl methyl sites for hydroxylation is 1. The zero-order valence-corrected chi connectivity index (χ0v) is 10.4. The fourth-order valence-electron chi connectivity index (χ4n) is 2.04. The van der Waals surface area contributed by atoms with Crippen LogP contribution in [0, 0.1) is 5.41 Å². The van der Waals surface area contributed by atoms with Crippen LogP contribution in [0.1, 0.15) is 19.5 Å². The molecule has 0 unspecified atom stereocenters. The van der Waals surface area contributed by atoms with Crippen LogP contribution >= 0.6 is 0 Å². The lowest BCUT2D eigenvalue weighted by molar-refractivity contribution is -0.146. The van der Waals surface area contributed by atoms with Crippen LogP contribution in [0.15, 0.2) is 30.3 Å². The lowest BCUT2D eigenvalue weighted by atomic mass is 9.88. The summed E-state index contributed by atoms with van der Waals surface area (Å²) in [6.45, 7) is 3.51. The molecule has 1 aromatic carbocycles. The minimum atomic E-state index is -0.761. The first-order valence-corrected chi connectivity index (χ1v) is 5.68. The number of carboxylic acid groups (broad SMARTS) is 1. The second-order valence-electron chi connectivity index (χ2n) is 5.12. The van der Waals surface area contributed by atoms with Crippen molar-refractivity contribution in [1.82, 2.24) is 4.57 Å². The second-order valence-corrected chi connectivity index (χ2v) is 5.12. The number of carboxylic acids is 1. The van der Waals surface area contributed by atoms with Crippen molar-refractivity contribution < 1.29 is 9.90 Å². The molecule has 0 aliphatic carbocycles. The van der Waals surface area contributed by atoms with Crippen molar-refractivity contribution in [3.63, 3.8) is 0 Å². The van der Waals surface area contributed by atoms with Gasteiger partial charge in [-0.25, -0.2) is 0 Å². The minimum Gasteiger partial charge on any atom is -0.481 e. The van der Waals surface area contributed by atoms with Crippen LogP contribution in [0.25, 0.3) is 10.9 Å². The highest BCUT2D eigenvalue weighted by molar-refractivity contribution is 5.81. The quantitative estimate of drug-likeness (QED) is 0.882. The Morgan fingerprint density at radius 3 is 2.59 bits per heavy atom. The minimum absolute atomic E-state index is 0.535. The maximum atomic E-state index is 11.1. The maximum absolute atomic E-state index is 11.1. The van der Waals surface area contributed by atoms with E-state index in [-0.39, 0.29) is 0 Å². The summed E-state index contributed by atoms with van der Waals surface area (Å²) in [5, 5.41) is 10.3. The predicted molar refractivity (Wildman–Crippen MR) is 68.0 cm³/mol. The van der Waals surface area contributed by atoms with Crippen molar-refractivity contribution in [2.45, 2.75) is 20.3 Å². The third kappa shape index (κ3) is 2.05. The lowest BCUT2D eigenvalue weighted by Crippen LogP contribution is -2.27. The monoisotopic (exact) mass is 231 g/mol. The van der Waals surface area contributed by atoms with Crippen molar-refractivity contribution in [3.05, 3.63) is 36.0 Å². The smallest absolute Gasteiger partial charge is 0.309 e. The number of nitrogens with zero attached hydrogens (tertiary/aromatic N) is 1. The van der Waals surface area contributed by atoms with E-state index in [0.29, 0.717) is 6.42 Å². The van der Waals surface area contributed by atoms with Gasteiger partial charge in [0.1, 0.15) is 0 Å². The zero-order chi connectivity index (χ0) is 12.6. The number of aliphatic carboxylic acids is 1. The first kappa shape index (κ1) is 11.7. The summed E-state index contributed by atoms with van der Waals surface area (Å²) in [6.07, 6.45) is 0.535. The number of benzene rings is 1. The first-order valence-electron chi connectivity index (χ1n) is 5.68. The number of carbonyl (C=O) groups is 1. The number of para-hydroxylation sites is 1. The standard InChI is InChI=1S/C14H17NO2/c1-14(2,13(16)17)9-11-8-10-6-4-5-7-12(10)15(11)3/h4-8H,9H2,1-3H3,(H,16,17). The average molecular weight is 231 g/mol. The van der Waals surface area contributed by atoms with Crippen molar-refractivity contribution >= 4 is 16.9 Å². The van der Waals surface area contributed by atoms with Crippen LogP contribution in [0.3, 0.4) is 0 Å². The zero-order valence-electron chi connectivity index (χ0n) is 10.4. The van der Waals surface area contributed by atoms with Crippen LogP contribution in [0.2, 0.25) is 0 Å². The van der Waals surface area contributed by atoms with Gasteiger partial charge >= 0.3 is 5.97 Å². The van der Waals surface area contributed by atoms with Gasteiger partial charge in [0.05, 0.1) is 5.41 Å². The van der Waals surface area contributed by atoms with Crippen molar-refractivity contribution in [2.24, 2.45) is 12.5 Å². The van der Waals surface area contributed by atoms with Crippen molar-refractivity contribution in [2.75, 3.05) is 0 Å². The van der Waals surface area contributed by atoms with Crippen LogP contribution in [-0.4, -0.2) is 15.6 Å². The highest BCUT2D eigenvalue weighted by Crippen LogP contribution is 2.26. The van der Waals surface area contributed by atoms with E-state index in [1.165, 1.54) is 0 Å². The SMILES string of the molecule is Cn1c(CC(C)(C)C(=O)O)cc2ccccc21. The van der Waals surface area contributed by atoms with E-state index in [0.717, 1.165) is 16.6 Å². The Morgan fingerprint density at radius 2 is 2.00 bits per heavy atom. The molecule has 0 saturated heterocycles. The molecule has 17 heavy (non-hydrogen) atoms. The molecule has 90 valence electrons. The highest BCUT2D eigenvalue weighted by Gasteiger charge is 2.28. The van der Waals surface area contributed by atoms with Gasteiger partial charge in [-0.05, 0) is 31.4 Å². The molecular formula is C14H17NO2. The molecule has 2 aromatic rings. The summed E-state index contributed by atoms with van der Waals surface area (Å²) in [4.78, 5) is 11.1. The van der Waals surface area contributed by atoms with Crippen LogP contribution in [0.5, 0.6) is 0 Å². The van der Waals surface area contributed by atoms with Crippen LogP contribution < -0.4 is 0 Å². The summed E-state index contributed by atoms with van der Waals surface area (Å²) in [5.41, 5.74) is 1.46. The molecule has 0 bridgehead atoms. The largest absolute Gasteiger partial charge is 0.481 e. The van der Waals surface area contributed by atoms with Crippen LogP contribution in [0.4, 0.5) is 0 Å². The summed E-state index contributed by atoms with van der Waals surface area (Å²) in [7, 11) is 1.98. The number of fused-ring (bicyclic) bond motifs is 1. The fraction of sp³-hybridized carbons (Fsp3) is 0.357. The third-order valence-electron chi connectivity index (χ3n) is 3.25. The second kappa shape index (κ2) is 3.91. The van der Waals surface area contributed by atoms with Crippen molar-refractivity contribution in [3.8, 4) is 0 Å². The number of rotatable bonds is 3. The molecule has 0 radical (unpaired) electrons. The molecule has 0 fully saturated rings. The van der Waals surface area contributed by atoms with E-state index in [1.54, 1.807) is 13.8 Å². The summed E-state index contributed by atoms with van der Waals surface area (Å²) in [6, 6.07) is 10.2. The van der Waals surface area contributed by atoms with Gasteiger partial charge in [-0.3, -0.25) is 4.79 Å². The molecule has 0 saturated carbocycles. The Labute approximate surface area is 101 Å². The van der Waals surface area contributed by atoms with Crippen molar-refractivity contribution in [1.29, 1.82) is 0 Å². The first-order chi connectivity index (χ1) is 7.92. The molecule has 0 amide bonds. The maximum Gasteiger partial charge on any atom is 0.309 e. The van der Waals surface area contributed by atoms with E-state index in [2.05, 4.69) is 10.6 Å². The molecule has 0 spiro atoms. The van der Waals surface area contributed by atoms with Gasteiger partial charge < -0.3 is 9.67 Å². The molecule has 1 heterocycles. The van der Waals surface area contributed by atoms with Crippen LogP contribution in [-0.2, 0) is 18.3 Å². The Hall–Kier alpha value is -1.77. The van der Waals surface area contributed by atoms with E-state index in [4.69, 9.17) is 5.11 Å². The Morgan fingerprint density at radius 1 is 1.35 bits per heavy atom. The fourth-order valence-corrected chi connectivity index (χ4v) is 2.04. The molecule has 2 rings (SSSR count). The van der Waals surface area contributed by atoms with Gasteiger partial charge in [-0.2, -0.15) is 0 Å². The van der Waals surface area contributed by atoms with Gasteiger partial charge in [0.2, 0.25) is 0 Å². The van der Waals surface area contributed by atoms with Gasteiger partial charge in [-0.1, -0.05) is 18.2 Å². The predicted octanol–water partition coefficient (Wildman–Crippen LogP) is 2.83. The molecule has 0 aliphatic heterocycles. The van der Waals surface area contributed by atoms with Gasteiger partial charge in [0.15, 0.2) is 0 Å². The Kier molecular flexibility index (Phi) is 2.69. The van der Waals surface area contributed by atoms with E-state index >= 15 is 0 Å². The summed E-state index contributed by atoms with van der Waals surface area (Å²) >= 11 is 0. The van der Waals surface area contributed by atoms with E-state index in [9.17, 15) is 4.79 Å². The Bertz CT molecular complexity index is 567. The van der Waals surface area contributed by atoms with Gasteiger partial charge in [-0.15, -0.1) is 0 Å². The number of aromatic nitrogens is 1. The molecule has 0 aliphatic rings. The van der Waals surface area contributed by atoms with Gasteiger partial charge in [0, 0.05) is 24.7 Å². The van der Waals surface area contributed by atoms with Gasteiger partial charge in [0.25, 0.3) is 0 Å². The number of hydrogen-bond donors (Lipinski definition) is 1. The average Bonchev–Trinajstić information content (AvgIpc) is 2.56. The molecule has 3 heteroatoms. The molecule has 1 N–H and O–H groups in total. The number of hydrogen-bond acceptors (Lipinski definition) is 1.